The normalized spacial score (nSPS) is 23.0. The van der Waals surface area contributed by atoms with Gasteiger partial charge in [-0.3, -0.25) is 14.5 Å². The molecule has 0 aromatic carbocycles. The number of halogens is 1. The zero-order valence-corrected chi connectivity index (χ0v) is 8.39. The monoisotopic (exact) mass is 248 g/mol. The van der Waals surface area contributed by atoms with Crippen molar-refractivity contribution in [3.63, 3.8) is 0 Å². The van der Waals surface area contributed by atoms with E-state index in [4.69, 9.17) is 5.26 Å². The molecule has 0 N–H and O–H groups in total. The van der Waals surface area contributed by atoms with Crippen LogP contribution in [-0.2, 0) is 4.79 Å². The Kier molecular flexibility index (Phi) is 3.12. The van der Waals surface area contributed by atoms with E-state index >= 15 is 0 Å². The maximum Gasteiger partial charge on any atom is 0.289 e. The third-order valence-electron chi connectivity index (χ3n) is 1.33. The van der Waals surface area contributed by atoms with Crippen LogP contribution >= 0.6 is 27.7 Å². The first-order valence-corrected chi connectivity index (χ1v) is 4.99. The smallest absolute Gasteiger partial charge is 0.272 e. The molecule has 1 aliphatic rings. The standard InChI is InChI=1S/C6H5BrN2O2S/c7-4-5(10)9(3-1-2-8)6(11)12-4/h4H,1,3H2. The first kappa shape index (κ1) is 9.55. The van der Waals surface area contributed by atoms with Crippen LogP contribution < -0.4 is 0 Å². The highest BCUT2D eigenvalue weighted by molar-refractivity contribution is 9.12. The molecule has 4 nitrogen and oxygen atoms in total. The van der Waals surface area contributed by atoms with Crippen LogP contribution in [0, 0.1) is 11.3 Å². The number of hydrogen-bond donors (Lipinski definition) is 0. The minimum atomic E-state index is -0.469. The van der Waals surface area contributed by atoms with Crippen LogP contribution in [0.2, 0.25) is 0 Å². The van der Waals surface area contributed by atoms with Gasteiger partial charge in [0.25, 0.3) is 11.1 Å². The summed E-state index contributed by atoms with van der Waals surface area (Å²) in [6.07, 6.45) is 0.192. The Morgan fingerprint density at radius 1 is 1.67 bits per heavy atom. The molecule has 6 heteroatoms. The van der Waals surface area contributed by atoms with Gasteiger partial charge in [0.05, 0.1) is 12.5 Å². The van der Waals surface area contributed by atoms with Gasteiger partial charge in [-0.1, -0.05) is 15.9 Å². The average molecular weight is 249 g/mol. The third kappa shape index (κ3) is 1.79. The molecule has 1 rings (SSSR count). The second-order valence-corrected chi connectivity index (χ2v) is 4.68. The van der Waals surface area contributed by atoms with Gasteiger partial charge in [0.15, 0.2) is 0 Å². The number of carbonyl (C=O) groups excluding carboxylic acids is 2. The lowest BCUT2D eigenvalue weighted by Crippen LogP contribution is -2.30. The lowest BCUT2D eigenvalue weighted by molar-refractivity contribution is -0.125. The van der Waals surface area contributed by atoms with Gasteiger partial charge >= 0.3 is 0 Å². The zero-order valence-electron chi connectivity index (χ0n) is 5.99. The summed E-state index contributed by atoms with van der Waals surface area (Å²) in [5, 5.41) is 7.97. The molecule has 1 saturated heterocycles. The summed E-state index contributed by atoms with van der Waals surface area (Å²) in [4.78, 5) is 23.3. The largest absolute Gasteiger partial charge is 0.289 e. The summed E-state index contributed by atoms with van der Waals surface area (Å²) in [5.74, 6) is -0.264. The number of nitriles is 1. The first-order valence-electron chi connectivity index (χ1n) is 3.20. The van der Waals surface area contributed by atoms with Gasteiger partial charge in [0.2, 0.25) is 0 Å². The van der Waals surface area contributed by atoms with E-state index in [0.29, 0.717) is 0 Å². The van der Waals surface area contributed by atoms with Crippen LogP contribution in [0.25, 0.3) is 0 Å². The Labute approximate surface area is 82.0 Å². The van der Waals surface area contributed by atoms with Crippen molar-refractivity contribution < 1.29 is 9.59 Å². The van der Waals surface area contributed by atoms with Crippen molar-refractivity contribution in [1.82, 2.24) is 4.90 Å². The minimum absolute atomic E-state index is 0.192. The minimum Gasteiger partial charge on any atom is -0.272 e. The highest BCUT2D eigenvalue weighted by Crippen LogP contribution is 2.30. The van der Waals surface area contributed by atoms with Crippen molar-refractivity contribution >= 4 is 38.8 Å². The van der Waals surface area contributed by atoms with E-state index in [1.54, 1.807) is 0 Å². The number of rotatable bonds is 2. The number of thioether (sulfide) groups is 1. The van der Waals surface area contributed by atoms with Gasteiger partial charge in [-0.15, -0.1) is 0 Å². The molecule has 0 aliphatic carbocycles. The quantitative estimate of drug-likeness (QED) is 0.692. The number of carbonyl (C=O) groups is 2. The number of nitrogens with zero attached hydrogens (tertiary/aromatic N) is 2. The Bertz CT molecular complexity index is 263. The predicted molar refractivity (Wildman–Crippen MR) is 47.6 cm³/mol. The SMILES string of the molecule is N#CCCN1C(=O)SC(Br)C1=O. The van der Waals surface area contributed by atoms with Gasteiger partial charge in [0.1, 0.15) is 4.16 Å². The molecule has 0 saturated carbocycles. The fourth-order valence-electron chi connectivity index (χ4n) is 0.778. The van der Waals surface area contributed by atoms with Crippen molar-refractivity contribution in [2.45, 2.75) is 10.6 Å². The topological polar surface area (TPSA) is 61.2 Å². The fourth-order valence-corrected chi connectivity index (χ4v) is 2.22. The Balaban J connectivity index is 2.59. The number of imide groups is 1. The Morgan fingerprint density at radius 3 is 2.75 bits per heavy atom. The molecule has 12 heavy (non-hydrogen) atoms. The van der Waals surface area contributed by atoms with E-state index in [9.17, 15) is 9.59 Å². The van der Waals surface area contributed by atoms with Crippen molar-refractivity contribution in [2.24, 2.45) is 0 Å². The summed E-state index contributed by atoms with van der Waals surface area (Å²) in [6.45, 7) is 0.198. The van der Waals surface area contributed by atoms with Crippen molar-refractivity contribution in [3.8, 4) is 6.07 Å². The zero-order chi connectivity index (χ0) is 9.14. The highest BCUT2D eigenvalue weighted by atomic mass is 79.9. The van der Waals surface area contributed by atoms with Crippen molar-refractivity contribution in [1.29, 1.82) is 5.26 Å². The molecule has 1 fully saturated rings. The van der Waals surface area contributed by atoms with E-state index in [1.165, 1.54) is 0 Å². The predicted octanol–water partition coefficient (Wildman–Crippen LogP) is 1.32. The van der Waals surface area contributed by atoms with Crippen LogP contribution in [0.5, 0.6) is 0 Å². The third-order valence-corrected chi connectivity index (χ3v) is 3.12. The maximum absolute atomic E-state index is 11.1. The molecular formula is C6H5BrN2O2S. The molecule has 1 atom stereocenters. The maximum atomic E-state index is 11.1. The molecule has 0 aromatic heterocycles. The van der Waals surface area contributed by atoms with Crippen LogP contribution in [0.15, 0.2) is 0 Å². The summed E-state index contributed by atoms with van der Waals surface area (Å²) in [7, 11) is 0. The highest BCUT2D eigenvalue weighted by Gasteiger charge is 2.37. The first-order chi connectivity index (χ1) is 5.66. The van der Waals surface area contributed by atoms with Crippen molar-refractivity contribution in [3.05, 3.63) is 0 Å². The van der Waals surface area contributed by atoms with E-state index in [2.05, 4.69) is 15.9 Å². The molecule has 64 valence electrons. The molecule has 1 aliphatic heterocycles. The average Bonchev–Trinajstić information content (AvgIpc) is 2.25. The van der Waals surface area contributed by atoms with Crippen LogP contribution in [0.3, 0.4) is 0 Å². The summed E-state index contributed by atoms with van der Waals surface area (Å²) in [5.41, 5.74) is 0. The number of hydrogen-bond acceptors (Lipinski definition) is 4. The number of amides is 2. The van der Waals surface area contributed by atoms with Gasteiger partial charge in [-0.05, 0) is 11.8 Å². The summed E-state index contributed by atoms with van der Waals surface area (Å²) < 4.78 is -0.469. The molecule has 0 bridgehead atoms. The van der Waals surface area contributed by atoms with Crippen LogP contribution in [0.4, 0.5) is 4.79 Å². The Morgan fingerprint density at radius 2 is 2.33 bits per heavy atom. The summed E-state index contributed by atoms with van der Waals surface area (Å²) in [6, 6.07) is 1.88. The van der Waals surface area contributed by atoms with E-state index in [0.717, 1.165) is 16.7 Å². The van der Waals surface area contributed by atoms with Gasteiger partial charge in [-0.2, -0.15) is 5.26 Å². The van der Waals surface area contributed by atoms with Gasteiger partial charge < -0.3 is 0 Å². The summed E-state index contributed by atoms with van der Waals surface area (Å²) >= 11 is 3.98. The molecular weight excluding hydrogens is 244 g/mol. The Hall–Kier alpha value is -0.540. The second-order valence-electron chi connectivity index (χ2n) is 2.10. The van der Waals surface area contributed by atoms with Gasteiger partial charge in [0, 0.05) is 6.54 Å². The van der Waals surface area contributed by atoms with Crippen molar-refractivity contribution in [2.75, 3.05) is 6.54 Å². The molecule has 2 amide bonds. The van der Waals surface area contributed by atoms with E-state index in [1.807, 2.05) is 6.07 Å². The van der Waals surface area contributed by atoms with Crippen LogP contribution in [0.1, 0.15) is 6.42 Å². The lowest BCUT2D eigenvalue weighted by atomic mass is 10.4. The van der Waals surface area contributed by atoms with Crippen LogP contribution in [-0.4, -0.2) is 26.8 Å². The van der Waals surface area contributed by atoms with E-state index in [-0.39, 0.29) is 24.1 Å². The molecule has 0 radical (unpaired) electrons. The molecule has 0 aromatic rings. The second kappa shape index (κ2) is 3.92. The van der Waals surface area contributed by atoms with E-state index < -0.39 is 4.16 Å². The molecule has 1 heterocycles. The number of alkyl halides is 1. The fraction of sp³-hybridized carbons (Fsp3) is 0.500. The molecule has 0 spiro atoms. The van der Waals surface area contributed by atoms with Gasteiger partial charge in [-0.25, -0.2) is 0 Å². The molecule has 1 unspecified atom stereocenters. The lowest BCUT2D eigenvalue weighted by Gasteiger charge is -2.09.